The topological polar surface area (TPSA) is 96.0 Å². The van der Waals surface area contributed by atoms with E-state index in [2.05, 4.69) is 5.32 Å². The van der Waals surface area contributed by atoms with Crippen molar-refractivity contribution >= 4 is 39.1 Å². The van der Waals surface area contributed by atoms with Gasteiger partial charge < -0.3 is 15.0 Å². The Morgan fingerprint density at radius 3 is 2.12 bits per heavy atom. The molecule has 214 valence electrons. The zero-order valence-electron chi connectivity index (χ0n) is 23.2. The molecule has 2 amide bonds. The van der Waals surface area contributed by atoms with E-state index < -0.39 is 28.5 Å². The van der Waals surface area contributed by atoms with Gasteiger partial charge in [-0.1, -0.05) is 55.8 Å². The molecule has 10 heteroatoms. The monoisotopic (exact) mass is 585 g/mol. The lowest BCUT2D eigenvalue weighted by molar-refractivity contribution is -0.139. The lowest BCUT2D eigenvalue weighted by Gasteiger charge is -2.32. The van der Waals surface area contributed by atoms with Crippen LogP contribution in [0, 0.1) is 5.92 Å². The van der Waals surface area contributed by atoms with Gasteiger partial charge >= 0.3 is 0 Å². The summed E-state index contributed by atoms with van der Waals surface area (Å²) in [5.74, 6) is -0.0368. The number of halogens is 1. The molecule has 0 radical (unpaired) electrons. The molecule has 0 aliphatic heterocycles. The van der Waals surface area contributed by atoms with Crippen molar-refractivity contribution in [2.45, 2.75) is 45.2 Å². The van der Waals surface area contributed by atoms with Gasteiger partial charge in [-0.2, -0.15) is 0 Å². The maximum atomic E-state index is 13.9. The fourth-order valence-corrected chi connectivity index (χ4v) is 5.49. The van der Waals surface area contributed by atoms with Crippen LogP contribution in [0.1, 0.15) is 33.3 Å². The molecule has 0 saturated carbocycles. The lowest BCUT2D eigenvalue weighted by Crippen LogP contribution is -2.51. The Balaban J connectivity index is 2.00. The van der Waals surface area contributed by atoms with Gasteiger partial charge in [-0.3, -0.25) is 13.9 Å². The summed E-state index contributed by atoms with van der Waals surface area (Å²) < 4.78 is 34.3. The highest BCUT2D eigenvalue weighted by Gasteiger charge is 2.32. The van der Waals surface area contributed by atoms with Gasteiger partial charge in [0.2, 0.25) is 11.8 Å². The average molecular weight is 586 g/mol. The Bertz CT molecular complexity index is 1360. The van der Waals surface area contributed by atoms with Crippen LogP contribution >= 0.6 is 11.6 Å². The fraction of sp³-hybridized carbons (Fsp3) is 0.333. The quantitative estimate of drug-likeness (QED) is 0.300. The zero-order valence-corrected chi connectivity index (χ0v) is 24.8. The molecule has 0 aliphatic rings. The first-order chi connectivity index (χ1) is 19.0. The minimum absolute atomic E-state index is 0.0177. The molecule has 1 N–H and O–H groups in total. The number of hydrogen-bond acceptors (Lipinski definition) is 5. The molecular weight excluding hydrogens is 550 g/mol. The standard InChI is InChI=1S/C30H36ClN3O5S/c1-5-39-27-15-13-26(14-16-27)34(40(37,38)28-17-11-25(31)12-18-28)21-29(35)33(20-24-9-7-6-8-10-24)23(4)30(36)32-19-22(2)3/h6-18,22-23H,5,19-21H2,1-4H3,(H,32,36)/t23-/m0/s1. The van der Waals surface area contributed by atoms with Gasteiger partial charge in [0.1, 0.15) is 18.3 Å². The number of nitrogens with zero attached hydrogens (tertiary/aromatic N) is 2. The molecule has 0 aliphatic carbocycles. The summed E-state index contributed by atoms with van der Waals surface area (Å²) in [5, 5.41) is 3.26. The highest BCUT2D eigenvalue weighted by molar-refractivity contribution is 7.92. The van der Waals surface area contributed by atoms with Crippen molar-refractivity contribution in [3.05, 3.63) is 89.4 Å². The van der Waals surface area contributed by atoms with Gasteiger partial charge in [0, 0.05) is 18.1 Å². The highest BCUT2D eigenvalue weighted by atomic mass is 35.5. The van der Waals surface area contributed by atoms with Crippen LogP contribution in [0.4, 0.5) is 5.69 Å². The molecule has 3 rings (SSSR count). The van der Waals surface area contributed by atoms with Gasteiger partial charge in [0.05, 0.1) is 17.2 Å². The van der Waals surface area contributed by atoms with Crippen LogP contribution in [0.5, 0.6) is 5.75 Å². The largest absolute Gasteiger partial charge is 0.494 e. The maximum absolute atomic E-state index is 13.9. The van der Waals surface area contributed by atoms with Crippen molar-refractivity contribution < 1.29 is 22.7 Å². The summed E-state index contributed by atoms with van der Waals surface area (Å²) in [5.41, 5.74) is 1.09. The van der Waals surface area contributed by atoms with Crippen LogP contribution in [0.3, 0.4) is 0 Å². The normalized spacial score (nSPS) is 12.1. The number of amides is 2. The van der Waals surface area contributed by atoms with Crippen LogP contribution in [0.25, 0.3) is 0 Å². The van der Waals surface area contributed by atoms with Gasteiger partial charge in [0.25, 0.3) is 10.0 Å². The Kier molecular flexibility index (Phi) is 11.0. The smallest absolute Gasteiger partial charge is 0.264 e. The summed E-state index contributed by atoms with van der Waals surface area (Å²) in [6, 6.07) is 20.7. The SMILES string of the molecule is CCOc1ccc(N(CC(=O)N(Cc2ccccc2)[C@@H](C)C(=O)NCC(C)C)S(=O)(=O)c2ccc(Cl)cc2)cc1. The Morgan fingerprint density at radius 1 is 0.925 bits per heavy atom. The third-order valence-corrected chi connectivity index (χ3v) is 8.20. The second-order valence-electron chi connectivity index (χ2n) is 9.71. The number of nitrogens with one attached hydrogen (secondary N) is 1. The number of hydrogen-bond donors (Lipinski definition) is 1. The predicted molar refractivity (Wildman–Crippen MR) is 158 cm³/mol. The van der Waals surface area contributed by atoms with Crippen molar-refractivity contribution in [3.8, 4) is 5.75 Å². The second-order valence-corrected chi connectivity index (χ2v) is 12.0. The van der Waals surface area contributed by atoms with Crippen LogP contribution in [0.2, 0.25) is 5.02 Å². The summed E-state index contributed by atoms with van der Waals surface area (Å²) in [6.07, 6.45) is 0. The third kappa shape index (κ3) is 8.22. The van der Waals surface area contributed by atoms with Gasteiger partial charge in [-0.05, 0) is 73.9 Å². The van der Waals surface area contributed by atoms with Gasteiger partial charge in [-0.25, -0.2) is 8.42 Å². The third-order valence-electron chi connectivity index (χ3n) is 6.16. The molecular formula is C30H36ClN3O5S. The van der Waals surface area contributed by atoms with Crippen molar-refractivity contribution in [1.82, 2.24) is 10.2 Å². The van der Waals surface area contributed by atoms with E-state index in [1.807, 2.05) is 51.1 Å². The van der Waals surface area contributed by atoms with Gasteiger partial charge in [0.15, 0.2) is 0 Å². The molecule has 0 fully saturated rings. The highest BCUT2D eigenvalue weighted by Crippen LogP contribution is 2.27. The van der Waals surface area contributed by atoms with Crippen molar-refractivity contribution in [3.63, 3.8) is 0 Å². The van der Waals surface area contributed by atoms with E-state index in [-0.39, 0.29) is 29.0 Å². The molecule has 3 aromatic carbocycles. The molecule has 8 nitrogen and oxygen atoms in total. The summed E-state index contributed by atoms with van der Waals surface area (Å²) >= 11 is 6.00. The number of anilines is 1. The van der Waals surface area contributed by atoms with Crippen LogP contribution in [0.15, 0.2) is 83.8 Å². The van der Waals surface area contributed by atoms with E-state index in [0.29, 0.717) is 23.9 Å². The van der Waals surface area contributed by atoms with Crippen molar-refractivity contribution in [1.29, 1.82) is 0 Å². The van der Waals surface area contributed by atoms with E-state index in [0.717, 1.165) is 9.87 Å². The van der Waals surface area contributed by atoms with Gasteiger partial charge in [-0.15, -0.1) is 0 Å². The first-order valence-electron chi connectivity index (χ1n) is 13.1. The Hall–Kier alpha value is -3.56. The number of ether oxygens (including phenoxy) is 1. The fourth-order valence-electron chi connectivity index (χ4n) is 3.95. The zero-order chi connectivity index (χ0) is 29.3. The number of benzene rings is 3. The first-order valence-corrected chi connectivity index (χ1v) is 15.0. The molecule has 3 aromatic rings. The van der Waals surface area contributed by atoms with Crippen LogP contribution in [-0.2, 0) is 26.2 Å². The molecule has 0 unspecified atom stereocenters. The summed E-state index contributed by atoms with van der Waals surface area (Å²) in [7, 11) is -4.18. The molecule has 0 spiro atoms. The van der Waals surface area contributed by atoms with E-state index >= 15 is 0 Å². The summed E-state index contributed by atoms with van der Waals surface area (Å²) in [6.45, 7) is 7.98. The van der Waals surface area contributed by atoms with E-state index in [1.165, 1.54) is 29.2 Å². The Labute approximate surface area is 241 Å². The lowest BCUT2D eigenvalue weighted by atomic mass is 10.1. The minimum Gasteiger partial charge on any atom is -0.494 e. The Morgan fingerprint density at radius 2 is 1.55 bits per heavy atom. The van der Waals surface area contributed by atoms with Crippen molar-refractivity contribution in [2.24, 2.45) is 5.92 Å². The first kappa shape index (κ1) is 31.0. The number of rotatable bonds is 13. The molecule has 0 aromatic heterocycles. The minimum atomic E-state index is -4.18. The molecule has 0 bridgehead atoms. The molecule has 1 atom stereocenters. The van der Waals surface area contributed by atoms with Crippen LogP contribution in [-0.4, -0.2) is 50.9 Å². The number of sulfonamides is 1. The van der Waals surface area contributed by atoms with E-state index in [4.69, 9.17) is 16.3 Å². The van der Waals surface area contributed by atoms with E-state index in [9.17, 15) is 18.0 Å². The van der Waals surface area contributed by atoms with Crippen LogP contribution < -0.4 is 14.4 Å². The van der Waals surface area contributed by atoms with Crippen molar-refractivity contribution in [2.75, 3.05) is 24.0 Å². The molecule has 0 saturated heterocycles. The second kappa shape index (κ2) is 14.2. The average Bonchev–Trinajstić information content (AvgIpc) is 2.94. The number of carbonyl (C=O) groups is 2. The maximum Gasteiger partial charge on any atom is 0.264 e. The predicted octanol–water partition coefficient (Wildman–Crippen LogP) is 5.12. The van der Waals surface area contributed by atoms with E-state index in [1.54, 1.807) is 31.2 Å². The summed E-state index contributed by atoms with van der Waals surface area (Å²) in [4.78, 5) is 28.3. The molecule has 40 heavy (non-hydrogen) atoms. The number of carbonyl (C=O) groups excluding carboxylic acids is 2. The molecule has 0 heterocycles.